The highest BCUT2D eigenvalue weighted by atomic mass is 16.1. The summed E-state index contributed by atoms with van der Waals surface area (Å²) in [6, 6.07) is 11.4. The molecular formula is C19H16N2O2. The molecule has 1 heterocycles. The topological polar surface area (TPSA) is 58.5 Å². The van der Waals surface area contributed by atoms with Crippen LogP contribution in [0.4, 0.5) is 5.69 Å². The van der Waals surface area contributed by atoms with Crippen molar-refractivity contribution in [1.29, 1.82) is 0 Å². The Kier molecular flexibility index (Phi) is 3.89. The molecule has 0 bridgehead atoms. The number of hydrogen-bond donors (Lipinski definition) is 1. The third-order valence-corrected chi connectivity index (χ3v) is 3.72. The molecule has 1 N–H and O–H groups in total. The van der Waals surface area contributed by atoms with Crippen molar-refractivity contribution in [2.45, 2.75) is 13.8 Å². The van der Waals surface area contributed by atoms with Gasteiger partial charge >= 0.3 is 0 Å². The molecule has 1 aliphatic rings. The Labute approximate surface area is 133 Å². The van der Waals surface area contributed by atoms with Gasteiger partial charge in [-0.15, -0.1) is 0 Å². The number of aryl methyl sites for hydroxylation is 2. The average molecular weight is 304 g/mol. The molecule has 2 aromatic carbocycles. The summed E-state index contributed by atoms with van der Waals surface area (Å²) in [5.41, 5.74) is 3.72. The summed E-state index contributed by atoms with van der Waals surface area (Å²) in [6.45, 7) is 3.92. The molecule has 0 saturated carbocycles. The molecule has 0 aromatic heterocycles. The molecular weight excluding hydrogens is 288 g/mol. The Bertz CT molecular complexity index is 936. The molecule has 0 atom stereocenters. The molecule has 3 rings (SSSR count). The lowest BCUT2D eigenvalue weighted by atomic mass is 10.1. The largest absolute Gasteiger partial charge is 0.322 e. The van der Waals surface area contributed by atoms with Gasteiger partial charge in [0, 0.05) is 23.1 Å². The van der Waals surface area contributed by atoms with Gasteiger partial charge in [0.25, 0.3) is 5.91 Å². The van der Waals surface area contributed by atoms with E-state index in [4.69, 9.17) is 0 Å². The van der Waals surface area contributed by atoms with Crippen molar-refractivity contribution in [3.05, 3.63) is 69.7 Å². The number of carbonyl (C=O) groups excluding carboxylic acids is 2. The number of para-hydroxylation sites is 1. The van der Waals surface area contributed by atoms with Gasteiger partial charge in [0.2, 0.25) is 5.91 Å². The highest BCUT2D eigenvalue weighted by molar-refractivity contribution is 6.06. The van der Waals surface area contributed by atoms with E-state index in [1.165, 1.54) is 12.2 Å². The zero-order chi connectivity index (χ0) is 16.4. The van der Waals surface area contributed by atoms with Crippen molar-refractivity contribution < 1.29 is 9.59 Å². The molecule has 1 aliphatic heterocycles. The minimum atomic E-state index is -0.242. The van der Waals surface area contributed by atoms with Crippen molar-refractivity contribution in [3.8, 4) is 0 Å². The minimum absolute atomic E-state index is 0.192. The maximum atomic E-state index is 12.1. The number of nitrogens with zero attached hydrogens (tertiary/aromatic N) is 1. The quantitative estimate of drug-likeness (QED) is 0.880. The minimum Gasteiger partial charge on any atom is -0.322 e. The van der Waals surface area contributed by atoms with Crippen LogP contribution >= 0.6 is 0 Å². The molecule has 0 fully saturated rings. The Morgan fingerprint density at radius 2 is 1.87 bits per heavy atom. The summed E-state index contributed by atoms with van der Waals surface area (Å²) in [5, 5.41) is 4.36. The number of rotatable bonds is 3. The van der Waals surface area contributed by atoms with Crippen molar-refractivity contribution in [2.24, 2.45) is 4.99 Å². The van der Waals surface area contributed by atoms with Crippen molar-refractivity contribution in [1.82, 2.24) is 0 Å². The van der Waals surface area contributed by atoms with E-state index in [9.17, 15) is 9.59 Å². The van der Waals surface area contributed by atoms with Gasteiger partial charge in [-0.25, -0.2) is 4.99 Å². The summed E-state index contributed by atoms with van der Waals surface area (Å²) in [4.78, 5) is 27.2. The van der Waals surface area contributed by atoms with Gasteiger partial charge in [0.05, 0.1) is 5.36 Å². The number of amides is 2. The summed E-state index contributed by atoms with van der Waals surface area (Å²) >= 11 is 0. The van der Waals surface area contributed by atoms with E-state index in [2.05, 4.69) is 10.3 Å². The van der Waals surface area contributed by atoms with Gasteiger partial charge in [-0.2, -0.15) is 0 Å². The monoisotopic (exact) mass is 304 g/mol. The van der Waals surface area contributed by atoms with Crippen LogP contribution < -0.4 is 15.9 Å². The average Bonchev–Trinajstić information content (AvgIpc) is 2.88. The fourth-order valence-electron chi connectivity index (χ4n) is 2.52. The van der Waals surface area contributed by atoms with Gasteiger partial charge in [-0.05, 0) is 42.7 Å². The molecule has 114 valence electrons. The Morgan fingerprint density at radius 1 is 1.13 bits per heavy atom. The van der Waals surface area contributed by atoms with Crippen LogP contribution in [0.25, 0.3) is 12.2 Å². The van der Waals surface area contributed by atoms with Crippen LogP contribution in [0, 0.1) is 13.8 Å². The SMILES string of the molecule is Cc1cccc(C)c1NC(=O)/C=C/c1ccc2c(c1)=NC(=O)C=2. The fraction of sp³-hybridized carbons (Fsp3) is 0.105. The van der Waals surface area contributed by atoms with E-state index in [0.29, 0.717) is 5.36 Å². The first-order valence-electron chi connectivity index (χ1n) is 7.33. The van der Waals surface area contributed by atoms with Crippen molar-refractivity contribution in [2.75, 3.05) is 5.32 Å². The molecule has 0 unspecified atom stereocenters. The molecule has 0 saturated heterocycles. The summed E-state index contributed by atoms with van der Waals surface area (Å²) in [7, 11) is 0. The second kappa shape index (κ2) is 6.01. The van der Waals surface area contributed by atoms with Gasteiger partial charge in [0.15, 0.2) is 0 Å². The van der Waals surface area contributed by atoms with E-state index in [1.54, 1.807) is 12.1 Å². The predicted octanol–water partition coefficient (Wildman–Crippen LogP) is 1.90. The Morgan fingerprint density at radius 3 is 2.61 bits per heavy atom. The summed E-state index contributed by atoms with van der Waals surface area (Å²) in [5.74, 6) is -0.434. The van der Waals surface area contributed by atoms with Crippen LogP contribution in [0.15, 0.2) is 47.5 Å². The van der Waals surface area contributed by atoms with E-state index in [-0.39, 0.29) is 11.8 Å². The second-order valence-corrected chi connectivity index (χ2v) is 5.50. The normalized spacial score (nSPS) is 12.7. The maximum absolute atomic E-state index is 12.1. The second-order valence-electron chi connectivity index (χ2n) is 5.50. The fourth-order valence-corrected chi connectivity index (χ4v) is 2.52. The molecule has 2 aromatic rings. The van der Waals surface area contributed by atoms with Crippen LogP contribution in [-0.4, -0.2) is 11.8 Å². The first-order valence-corrected chi connectivity index (χ1v) is 7.33. The van der Waals surface area contributed by atoms with Gasteiger partial charge in [-0.1, -0.05) is 30.3 Å². The standard InChI is InChI=1S/C19H16N2O2/c1-12-4-3-5-13(2)19(12)21-17(22)9-7-14-6-8-15-11-18(23)20-16(15)10-14/h3-11H,1-2H3,(H,21,22)/b9-7+. The summed E-state index contributed by atoms with van der Waals surface area (Å²) in [6.07, 6.45) is 4.69. The third kappa shape index (κ3) is 3.26. The Balaban J connectivity index is 1.78. The van der Waals surface area contributed by atoms with Crippen LogP contribution in [0.1, 0.15) is 16.7 Å². The van der Waals surface area contributed by atoms with Gasteiger partial charge in [-0.3, -0.25) is 9.59 Å². The number of anilines is 1. The number of hydrogen-bond acceptors (Lipinski definition) is 2. The molecule has 4 heteroatoms. The van der Waals surface area contributed by atoms with E-state index in [0.717, 1.165) is 27.6 Å². The smallest absolute Gasteiger partial charge is 0.270 e. The van der Waals surface area contributed by atoms with Crippen LogP contribution in [0.2, 0.25) is 0 Å². The zero-order valence-corrected chi connectivity index (χ0v) is 13.0. The molecule has 0 radical (unpaired) electrons. The van der Waals surface area contributed by atoms with Crippen molar-refractivity contribution >= 4 is 29.7 Å². The van der Waals surface area contributed by atoms with Gasteiger partial charge < -0.3 is 5.32 Å². The zero-order valence-electron chi connectivity index (χ0n) is 13.0. The summed E-state index contributed by atoms with van der Waals surface area (Å²) < 4.78 is 0. The molecule has 23 heavy (non-hydrogen) atoms. The van der Waals surface area contributed by atoms with Crippen LogP contribution in [-0.2, 0) is 9.59 Å². The Hall–Kier alpha value is -3.01. The van der Waals surface area contributed by atoms with E-state index < -0.39 is 0 Å². The van der Waals surface area contributed by atoms with Gasteiger partial charge in [0.1, 0.15) is 0 Å². The third-order valence-electron chi connectivity index (χ3n) is 3.72. The first-order chi connectivity index (χ1) is 11.0. The predicted molar refractivity (Wildman–Crippen MR) is 90.3 cm³/mol. The van der Waals surface area contributed by atoms with Crippen LogP contribution in [0.5, 0.6) is 0 Å². The maximum Gasteiger partial charge on any atom is 0.270 e. The molecule has 0 spiro atoms. The van der Waals surface area contributed by atoms with E-state index in [1.807, 2.05) is 44.2 Å². The number of fused-ring (bicyclic) bond motifs is 1. The molecule has 0 aliphatic carbocycles. The highest BCUT2D eigenvalue weighted by Gasteiger charge is 2.05. The van der Waals surface area contributed by atoms with Crippen molar-refractivity contribution in [3.63, 3.8) is 0 Å². The highest BCUT2D eigenvalue weighted by Crippen LogP contribution is 2.19. The lowest BCUT2D eigenvalue weighted by molar-refractivity contribution is -0.112. The number of benzene rings is 2. The molecule has 4 nitrogen and oxygen atoms in total. The number of nitrogens with one attached hydrogen (secondary N) is 1. The lowest BCUT2D eigenvalue weighted by Gasteiger charge is -2.09. The molecule has 2 amide bonds. The first kappa shape index (κ1) is 14.9. The lowest BCUT2D eigenvalue weighted by Crippen LogP contribution is -2.20. The van der Waals surface area contributed by atoms with Crippen LogP contribution in [0.3, 0.4) is 0 Å². The van der Waals surface area contributed by atoms with E-state index >= 15 is 0 Å². The number of carbonyl (C=O) groups is 2.